The first-order chi connectivity index (χ1) is 16.4. The Morgan fingerprint density at radius 3 is 0.912 bits per heavy atom. The van der Waals surface area contributed by atoms with Gasteiger partial charge in [-0.25, -0.2) is 0 Å². The van der Waals surface area contributed by atoms with Crippen molar-refractivity contribution in [2.24, 2.45) is 0 Å². The first kappa shape index (κ1) is 37.8. The number of carboxylic acid groups (broad SMARTS) is 1. The Morgan fingerprint density at radius 2 is 0.735 bits per heavy atom. The van der Waals surface area contributed by atoms with E-state index < -0.39 is 18.2 Å². The van der Waals surface area contributed by atoms with Crippen LogP contribution in [-0.4, -0.2) is 80.4 Å². The van der Waals surface area contributed by atoms with E-state index in [1.807, 2.05) is 0 Å². The molecule has 0 heterocycles. The Hall–Kier alpha value is -0.770. The van der Waals surface area contributed by atoms with E-state index in [0.29, 0.717) is 6.42 Å². The number of hydrogen-bond donors (Lipinski definition) is 7. The second-order valence-corrected chi connectivity index (χ2v) is 8.84. The molecule has 208 valence electrons. The largest absolute Gasteiger partial charge is 0.481 e. The number of rotatable bonds is 22. The lowest BCUT2D eigenvalue weighted by molar-refractivity contribution is -0.137. The second kappa shape index (κ2) is 34.4. The fourth-order valence-corrected chi connectivity index (χ4v) is 3.12. The molecule has 0 fully saturated rings. The summed E-state index contributed by atoms with van der Waals surface area (Å²) in [7, 11) is 0. The molecule has 0 saturated carbocycles. The van der Waals surface area contributed by atoms with Crippen molar-refractivity contribution in [1.82, 2.24) is 0 Å². The van der Waals surface area contributed by atoms with Crippen LogP contribution < -0.4 is 0 Å². The summed E-state index contributed by atoms with van der Waals surface area (Å²) in [5, 5.41) is 56.6. The number of aliphatic hydroxyl groups excluding tert-OH is 6. The lowest BCUT2D eigenvalue weighted by Gasteiger charge is -2.03. The van der Waals surface area contributed by atoms with Crippen LogP contribution in [0, 0.1) is 0 Å². The van der Waals surface area contributed by atoms with Crippen LogP contribution in [0.1, 0.15) is 122 Å². The number of unbranched alkanes of at least 4 members (excludes halogenated alkanes) is 16. The molecule has 34 heavy (non-hydrogen) atoms. The van der Waals surface area contributed by atoms with E-state index in [2.05, 4.69) is 6.92 Å². The number of carboxylic acids is 1. The smallest absolute Gasteiger partial charge is 0.303 e. The highest BCUT2D eigenvalue weighted by Gasteiger charge is 1.97. The van der Waals surface area contributed by atoms with Crippen molar-refractivity contribution in [3.05, 3.63) is 0 Å². The summed E-state index contributed by atoms with van der Waals surface area (Å²) < 4.78 is 0. The molecule has 8 heteroatoms. The second-order valence-electron chi connectivity index (χ2n) is 8.84. The lowest BCUT2D eigenvalue weighted by atomic mass is 10.0. The molecular formula is C26H56O8. The van der Waals surface area contributed by atoms with E-state index in [0.717, 1.165) is 12.8 Å². The Kier molecular flexibility index (Phi) is 38.2. The minimum atomic E-state index is -0.954. The zero-order valence-corrected chi connectivity index (χ0v) is 21.7. The first-order valence-corrected chi connectivity index (χ1v) is 13.4. The summed E-state index contributed by atoms with van der Waals surface area (Å²) in [5.41, 5.74) is 0. The van der Waals surface area contributed by atoms with Gasteiger partial charge in [0, 0.05) is 6.42 Å². The van der Waals surface area contributed by atoms with Gasteiger partial charge in [-0.15, -0.1) is 0 Å². The van der Waals surface area contributed by atoms with Gasteiger partial charge >= 0.3 is 5.97 Å². The summed E-state index contributed by atoms with van der Waals surface area (Å²) in [6.07, 6.45) is 21.2. The lowest BCUT2D eigenvalue weighted by Crippen LogP contribution is -2.15. The van der Waals surface area contributed by atoms with Crippen LogP contribution in [0.25, 0.3) is 0 Å². The van der Waals surface area contributed by atoms with Gasteiger partial charge in [-0.05, 0) is 6.42 Å². The van der Waals surface area contributed by atoms with Crippen molar-refractivity contribution in [1.29, 1.82) is 0 Å². The van der Waals surface area contributed by atoms with Gasteiger partial charge in [0.2, 0.25) is 0 Å². The first-order valence-electron chi connectivity index (χ1n) is 13.4. The van der Waals surface area contributed by atoms with E-state index >= 15 is 0 Å². The zero-order valence-electron chi connectivity index (χ0n) is 21.7. The Bertz CT molecular complexity index is 351. The molecule has 0 aromatic heterocycles. The highest BCUT2D eigenvalue weighted by Crippen LogP contribution is 2.14. The van der Waals surface area contributed by atoms with Crippen LogP contribution in [0.5, 0.6) is 0 Å². The van der Waals surface area contributed by atoms with Crippen molar-refractivity contribution < 1.29 is 40.5 Å². The average molecular weight is 497 g/mol. The summed E-state index contributed by atoms with van der Waals surface area (Å²) in [4.78, 5) is 10.4. The van der Waals surface area contributed by atoms with Gasteiger partial charge in [0.1, 0.15) is 12.2 Å². The van der Waals surface area contributed by atoms with Gasteiger partial charge in [0.15, 0.2) is 0 Å². The molecule has 0 aromatic rings. The molecule has 0 saturated heterocycles. The third-order valence-corrected chi connectivity index (χ3v) is 5.34. The number of carbonyl (C=O) groups is 1. The predicted molar refractivity (Wildman–Crippen MR) is 137 cm³/mol. The highest BCUT2D eigenvalue weighted by atomic mass is 16.4. The van der Waals surface area contributed by atoms with Crippen LogP contribution in [0.4, 0.5) is 0 Å². The van der Waals surface area contributed by atoms with Crippen molar-refractivity contribution in [2.75, 3.05) is 26.4 Å². The molecule has 0 aliphatic heterocycles. The fraction of sp³-hybridized carbons (Fsp3) is 0.962. The quantitative estimate of drug-likeness (QED) is 0.112. The molecule has 0 spiro atoms. The van der Waals surface area contributed by atoms with E-state index in [-0.39, 0.29) is 26.4 Å². The Balaban J connectivity index is -0.000000653. The average Bonchev–Trinajstić information content (AvgIpc) is 2.85. The standard InChI is InChI=1S/C20H40O2.2C3H8O3/c1-2-3-4-5-6-7-8-9-10-11-12-13-14-15-16-17-18-19-20(21)22;2*4-1-3(6)2-5/h2-19H2,1H3,(H,21,22);2*3-6H,1-2H2. The molecular weight excluding hydrogens is 440 g/mol. The molecule has 0 aliphatic rings. The predicted octanol–water partition coefficient (Wildman–Crippen LogP) is 3.78. The number of aliphatic carboxylic acids is 1. The van der Waals surface area contributed by atoms with Crippen molar-refractivity contribution >= 4 is 5.97 Å². The molecule has 0 bridgehead atoms. The topological polar surface area (TPSA) is 159 Å². The molecule has 0 unspecified atom stereocenters. The van der Waals surface area contributed by atoms with Crippen molar-refractivity contribution in [3.63, 3.8) is 0 Å². The van der Waals surface area contributed by atoms with Crippen LogP contribution in [0.15, 0.2) is 0 Å². The van der Waals surface area contributed by atoms with Crippen LogP contribution in [-0.2, 0) is 4.79 Å². The number of aliphatic hydroxyl groups is 6. The Labute approximate surface area is 208 Å². The molecule has 0 amide bonds. The maximum Gasteiger partial charge on any atom is 0.303 e. The summed E-state index contributed by atoms with van der Waals surface area (Å²) in [6.45, 7) is 0.819. The summed E-state index contributed by atoms with van der Waals surface area (Å²) in [6, 6.07) is 0. The molecule has 0 atom stereocenters. The van der Waals surface area contributed by atoms with E-state index in [4.69, 9.17) is 35.7 Å². The van der Waals surface area contributed by atoms with E-state index in [1.54, 1.807) is 0 Å². The fourth-order valence-electron chi connectivity index (χ4n) is 3.12. The summed E-state index contributed by atoms with van der Waals surface area (Å²) in [5.74, 6) is -0.652. The molecule has 8 nitrogen and oxygen atoms in total. The third-order valence-electron chi connectivity index (χ3n) is 5.34. The Morgan fingerprint density at radius 1 is 0.500 bits per heavy atom. The van der Waals surface area contributed by atoms with Gasteiger partial charge in [-0.3, -0.25) is 4.79 Å². The van der Waals surface area contributed by atoms with Crippen LogP contribution >= 0.6 is 0 Å². The van der Waals surface area contributed by atoms with Gasteiger partial charge in [-0.1, -0.05) is 110 Å². The molecule has 0 radical (unpaired) electrons. The molecule has 0 aromatic carbocycles. The SMILES string of the molecule is CCCCCCCCCCCCCCCCCCCC(=O)O.OCC(O)CO.OCC(O)CO. The van der Waals surface area contributed by atoms with Gasteiger partial charge in [-0.2, -0.15) is 0 Å². The molecule has 0 aliphatic carbocycles. The molecule has 0 rings (SSSR count). The third kappa shape index (κ3) is 41.5. The van der Waals surface area contributed by atoms with Crippen molar-refractivity contribution in [3.8, 4) is 0 Å². The minimum Gasteiger partial charge on any atom is -0.481 e. The summed E-state index contributed by atoms with van der Waals surface area (Å²) >= 11 is 0. The number of hydrogen-bond acceptors (Lipinski definition) is 7. The normalized spacial score (nSPS) is 10.6. The highest BCUT2D eigenvalue weighted by molar-refractivity contribution is 5.66. The maximum absolute atomic E-state index is 10.4. The van der Waals surface area contributed by atoms with Crippen LogP contribution in [0.2, 0.25) is 0 Å². The minimum absolute atomic E-state index is 0.346. The van der Waals surface area contributed by atoms with Crippen LogP contribution in [0.3, 0.4) is 0 Å². The monoisotopic (exact) mass is 496 g/mol. The van der Waals surface area contributed by atoms with Gasteiger partial charge < -0.3 is 35.7 Å². The molecule has 7 N–H and O–H groups in total. The maximum atomic E-state index is 10.4. The van der Waals surface area contributed by atoms with Gasteiger partial charge in [0.25, 0.3) is 0 Å². The van der Waals surface area contributed by atoms with Crippen molar-refractivity contribution in [2.45, 2.75) is 135 Å². The van der Waals surface area contributed by atoms with Gasteiger partial charge in [0.05, 0.1) is 26.4 Å². The van der Waals surface area contributed by atoms with E-state index in [9.17, 15) is 4.79 Å². The van der Waals surface area contributed by atoms with E-state index in [1.165, 1.54) is 96.3 Å². The zero-order chi connectivity index (χ0) is 26.3.